The average Bonchev–Trinajstić information content (AvgIpc) is 2.45. The highest BCUT2D eigenvalue weighted by Crippen LogP contribution is 2.19. The fourth-order valence-electron chi connectivity index (χ4n) is 2.28. The minimum absolute atomic E-state index is 0.243. The van der Waals surface area contributed by atoms with Crippen molar-refractivity contribution < 1.29 is 4.74 Å². The van der Waals surface area contributed by atoms with Gasteiger partial charge in [-0.2, -0.15) is 0 Å². The molecule has 0 aromatic carbocycles. The Kier molecular flexibility index (Phi) is 5.10. The molecule has 1 N–H and O–H groups in total. The molecule has 2 unspecified atom stereocenters. The quantitative estimate of drug-likeness (QED) is 0.875. The summed E-state index contributed by atoms with van der Waals surface area (Å²) < 4.78 is 5.70. The van der Waals surface area contributed by atoms with Gasteiger partial charge >= 0.3 is 0 Å². The highest BCUT2D eigenvalue weighted by atomic mass is 16.5. The van der Waals surface area contributed by atoms with E-state index in [4.69, 9.17) is 4.74 Å². The minimum Gasteiger partial charge on any atom is -0.375 e. The Labute approximate surface area is 115 Å². The molecule has 19 heavy (non-hydrogen) atoms. The third kappa shape index (κ3) is 3.64. The highest BCUT2D eigenvalue weighted by molar-refractivity contribution is 5.33. The highest BCUT2D eigenvalue weighted by Gasteiger charge is 2.27. The molecule has 0 aliphatic carbocycles. The van der Waals surface area contributed by atoms with Crippen molar-refractivity contribution in [3.05, 3.63) is 18.0 Å². The number of morpholine rings is 1. The summed E-state index contributed by atoms with van der Waals surface area (Å²) in [6.07, 6.45) is 5.12. The molecule has 1 aromatic heterocycles. The van der Waals surface area contributed by atoms with Crippen molar-refractivity contribution in [3.8, 4) is 0 Å². The van der Waals surface area contributed by atoms with Crippen LogP contribution >= 0.6 is 0 Å². The zero-order valence-corrected chi connectivity index (χ0v) is 12.1. The number of nitrogens with one attached hydrogen (secondary N) is 1. The summed E-state index contributed by atoms with van der Waals surface area (Å²) >= 11 is 0. The van der Waals surface area contributed by atoms with Crippen molar-refractivity contribution in [3.63, 3.8) is 0 Å². The Morgan fingerprint density at radius 3 is 2.74 bits per heavy atom. The molecule has 2 rings (SSSR count). The van der Waals surface area contributed by atoms with Crippen LogP contribution in [0.5, 0.6) is 0 Å². The number of ether oxygens (including phenoxy) is 1. The van der Waals surface area contributed by atoms with Crippen LogP contribution in [0.15, 0.2) is 12.4 Å². The SMILES string of the molecule is CCNCc1cnc(N2CC(C)OCC2CC)nc1. The van der Waals surface area contributed by atoms with E-state index in [0.29, 0.717) is 6.04 Å². The van der Waals surface area contributed by atoms with E-state index < -0.39 is 0 Å². The third-order valence-corrected chi connectivity index (χ3v) is 3.47. The van der Waals surface area contributed by atoms with Gasteiger partial charge in [0.15, 0.2) is 0 Å². The standard InChI is InChI=1S/C14H24N4O/c1-4-13-10-19-11(3)9-18(13)14-16-7-12(8-17-14)6-15-5-2/h7-8,11,13,15H,4-6,9-10H2,1-3H3. The van der Waals surface area contributed by atoms with Crippen LogP contribution in [0.3, 0.4) is 0 Å². The molecule has 5 nitrogen and oxygen atoms in total. The van der Waals surface area contributed by atoms with Crippen LogP contribution in [0.2, 0.25) is 0 Å². The maximum absolute atomic E-state index is 5.70. The van der Waals surface area contributed by atoms with E-state index in [2.05, 4.69) is 41.0 Å². The fourth-order valence-corrected chi connectivity index (χ4v) is 2.28. The van der Waals surface area contributed by atoms with Gasteiger partial charge < -0.3 is 15.0 Å². The van der Waals surface area contributed by atoms with Crippen LogP contribution in [0.4, 0.5) is 5.95 Å². The summed E-state index contributed by atoms with van der Waals surface area (Å²) in [5.41, 5.74) is 1.12. The molecule has 106 valence electrons. The minimum atomic E-state index is 0.243. The first-order chi connectivity index (χ1) is 9.24. The number of nitrogens with zero attached hydrogens (tertiary/aromatic N) is 3. The topological polar surface area (TPSA) is 50.3 Å². The lowest BCUT2D eigenvalue weighted by atomic mass is 10.1. The van der Waals surface area contributed by atoms with Crippen molar-refractivity contribution in [2.45, 2.75) is 45.9 Å². The van der Waals surface area contributed by atoms with E-state index >= 15 is 0 Å². The van der Waals surface area contributed by atoms with E-state index in [-0.39, 0.29) is 6.10 Å². The van der Waals surface area contributed by atoms with Gasteiger partial charge in [-0.05, 0) is 19.9 Å². The predicted molar refractivity (Wildman–Crippen MR) is 76.3 cm³/mol. The molecular formula is C14H24N4O. The second-order valence-corrected chi connectivity index (χ2v) is 5.03. The summed E-state index contributed by atoms with van der Waals surface area (Å²) in [4.78, 5) is 11.3. The molecule has 1 aromatic rings. The maximum atomic E-state index is 5.70. The first-order valence-corrected chi connectivity index (χ1v) is 7.14. The lowest BCUT2D eigenvalue weighted by molar-refractivity contribution is 0.0292. The molecule has 0 bridgehead atoms. The first kappa shape index (κ1) is 14.2. The van der Waals surface area contributed by atoms with E-state index in [1.807, 2.05) is 12.4 Å². The molecule has 5 heteroatoms. The molecule has 1 fully saturated rings. The van der Waals surface area contributed by atoms with Gasteiger partial charge in [-0.3, -0.25) is 0 Å². The monoisotopic (exact) mass is 264 g/mol. The zero-order valence-electron chi connectivity index (χ0n) is 12.1. The van der Waals surface area contributed by atoms with Crippen LogP contribution in [0, 0.1) is 0 Å². The van der Waals surface area contributed by atoms with Gasteiger partial charge in [0, 0.05) is 31.0 Å². The zero-order chi connectivity index (χ0) is 13.7. The number of anilines is 1. The van der Waals surface area contributed by atoms with Crippen LogP contribution in [0.1, 0.15) is 32.8 Å². The first-order valence-electron chi connectivity index (χ1n) is 7.14. The van der Waals surface area contributed by atoms with E-state index in [0.717, 1.165) is 44.2 Å². The summed E-state index contributed by atoms with van der Waals surface area (Å²) in [5, 5.41) is 3.28. The van der Waals surface area contributed by atoms with Gasteiger partial charge in [0.25, 0.3) is 0 Å². The van der Waals surface area contributed by atoms with Crippen LogP contribution in [-0.2, 0) is 11.3 Å². The predicted octanol–water partition coefficient (Wildman–Crippen LogP) is 1.59. The molecule has 1 saturated heterocycles. The van der Waals surface area contributed by atoms with E-state index in [1.165, 1.54) is 0 Å². The molecular weight excluding hydrogens is 240 g/mol. The summed E-state index contributed by atoms with van der Waals surface area (Å²) in [6, 6.07) is 0.385. The van der Waals surface area contributed by atoms with Gasteiger partial charge in [-0.1, -0.05) is 13.8 Å². The summed E-state index contributed by atoms with van der Waals surface area (Å²) in [5.74, 6) is 0.822. The van der Waals surface area contributed by atoms with Gasteiger partial charge in [0.2, 0.25) is 5.95 Å². The van der Waals surface area contributed by atoms with Crippen LogP contribution < -0.4 is 10.2 Å². The normalized spacial score (nSPS) is 23.6. The molecule has 0 radical (unpaired) electrons. The molecule has 2 atom stereocenters. The van der Waals surface area contributed by atoms with Gasteiger partial charge in [-0.15, -0.1) is 0 Å². The molecule has 1 aliphatic rings. The summed E-state index contributed by atoms with van der Waals surface area (Å²) in [6.45, 7) is 9.78. The molecule has 0 amide bonds. The van der Waals surface area contributed by atoms with Crippen molar-refractivity contribution in [2.75, 3.05) is 24.6 Å². The largest absolute Gasteiger partial charge is 0.375 e. The number of hydrogen-bond donors (Lipinski definition) is 1. The Balaban J connectivity index is 2.06. The lowest BCUT2D eigenvalue weighted by Crippen LogP contribution is -2.49. The number of aromatic nitrogens is 2. The van der Waals surface area contributed by atoms with Crippen molar-refractivity contribution in [2.24, 2.45) is 0 Å². The second kappa shape index (κ2) is 6.82. The number of rotatable bonds is 5. The van der Waals surface area contributed by atoms with E-state index in [9.17, 15) is 0 Å². The lowest BCUT2D eigenvalue weighted by Gasteiger charge is -2.38. The second-order valence-electron chi connectivity index (χ2n) is 5.03. The maximum Gasteiger partial charge on any atom is 0.225 e. The van der Waals surface area contributed by atoms with E-state index in [1.54, 1.807) is 0 Å². The van der Waals surface area contributed by atoms with Gasteiger partial charge in [0.05, 0.1) is 18.8 Å². The summed E-state index contributed by atoms with van der Waals surface area (Å²) in [7, 11) is 0. The molecule has 0 spiro atoms. The Morgan fingerprint density at radius 1 is 1.37 bits per heavy atom. The third-order valence-electron chi connectivity index (χ3n) is 3.47. The Bertz CT molecular complexity index is 382. The molecule has 1 aliphatic heterocycles. The van der Waals surface area contributed by atoms with Gasteiger partial charge in [0.1, 0.15) is 0 Å². The molecule has 2 heterocycles. The van der Waals surface area contributed by atoms with Crippen molar-refractivity contribution in [1.29, 1.82) is 0 Å². The smallest absolute Gasteiger partial charge is 0.225 e. The number of hydrogen-bond acceptors (Lipinski definition) is 5. The van der Waals surface area contributed by atoms with Crippen molar-refractivity contribution >= 4 is 5.95 Å². The molecule has 0 saturated carbocycles. The van der Waals surface area contributed by atoms with Gasteiger partial charge in [-0.25, -0.2) is 9.97 Å². The Hall–Kier alpha value is -1.20. The van der Waals surface area contributed by atoms with Crippen LogP contribution in [-0.4, -0.2) is 41.8 Å². The van der Waals surface area contributed by atoms with Crippen molar-refractivity contribution in [1.82, 2.24) is 15.3 Å². The average molecular weight is 264 g/mol. The van der Waals surface area contributed by atoms with Crippen LogP contribution in [0.25, 0.3) is 0 Å². The fraction of sp³-hybridized carbons (Fsp3) is 0.714. The Morgan fingerprint density at radius 2 is 2.11 bits per heavy atom.